The first-order valence-corrected chi connectivity index (χ1v) is 11.9. The average molecular weight is 510 g/mol. The van der Waals surface area contributed by atoms with Crippen molar-refractivity contribution in [3.63, 3.8) is 0 Å². The van der Waals surface area contributed by atoms with Crippen LogP contribution in [0.2, 0.25) is 0 Å². The highest BCUT2D eigenvalue weighted by molar-refractivity contribution is 5.92. The van der Waals surface area contributed by atoms with Crippen LogP contribution in [0.1, 0.15) is 40.9 Å². The van der Waals surface area contributed by atoms with Gasteiger partial charge in [0, 0.05) is 29.8 Å². The second kappa shape index (κ2) is 10.0. The summed E-state index contributed by atoms with van der Waals surface area (Å²) in [5.41, 5.74) is 2.07. The van der Waals surface area contributed by atoms with Crippen LogP contribution in [0.15, 0.2) is 41.1 Å². The van der Waals surface area contributed by atoms with E-state index < -0.39 is 17.6 Å². The molecule has 2 N–H and O–H groups in total. The van der Waals surface area contributed by atoms with Gasteiger partial charge in [-0.2, -0.15) is 0 Å². The molecule has 2 heterocycles. The lowest BCUT2D eigenvalue weighted by atomic mass is 9.96. The molecular formula is C27H25F2N3O5. The Morgan fingerprint density at radius 1 is 1.19 bits per heavy atom. The molecular weight excluding hydrogens is 484 g/mol. The van der Waals surface area contributed by atoms with E-state index in [-0.39, 0.29) is 28.4 Å². The number of halogens is 2. The summed E-state index contributed by atoms with van der Waals surface area (Å²) < 4.78 is 45.4. The van der Waals surface area contributed by atoms with Gasteiger partial charge in [0.05, 0.1) is 24.3 Å². The van der Waals surface area contributed by atoms with Crippen LogP contribution < -0.4 is 14.8 Å². The molecule has 2 aromatic heterocycles. The fourth-order valence-corrected chi connectivity index (χ4v) is 4.35. The van der Waals surface area contributed by atoms with Crippen LogP contribution in [0, 0.1) is 18.6 Å². The summed E-state index contributed by atoms with van der Waals surface area (Å²) in [4.78, 5) is 20.2. The lowest BCUT2D eigenvalue weighted by molar-refractivity contribution is 0.0680. The maximum absolute atomic E-state index is 14.6. The van der Waals surface area contributed by atoms with E-state index in [2.05, 4.69) is 15.3 Å². The zero-order valence-electron chi connectivity index (χ0n) is 20.3. The Bertz CT molecular complexity index is 1480. The Balaban J connectivity index is 1.35. The van der Waals surface area contributed by atoms with Crippen molar-refractivity contribution in [1.29, 1.82) is 0 Å². The smallest absolute Gasteiger partial charge is 0.339 e. The van der Waals surface area contributed by atoms with Crippen LogP contribution in [0.3, 0.4) is 0 Å². The van der Waals surface area contributed by atoms with Gasteiger partial charge in [-0.15, -0.1) is 0 Å². The molecule has 1 aliphatic rings. The Morgan fingerprint density at radius 3 is 2.70 bits per heavy atom. The maximum atomic E-state index is 14.6. The number of nitrogens with one attached hydrogen (secondary N) is 1. The molecule has 1 saturated carbocycles. The molecule has 0 amide bonds. The van der Waals surface area contributed by atoms with E-state index in [9.17, 15) is 18.7 Å². The number of hydrogen-bond acceptors (Lipinski definition) is 7. The number of carboxylic acid groups (broad SMARTS) is 1. The molecule has 0 aliphatic heterocycles. The quantitative estimate of drug-likeness (QED) is 0.293. The van der Waals surface area contributed by atoms with E-state index in [1.807, 2.05) is 0 Å². The summed E-state index contributed by atoms with van der Waals surface area (Å²) in [6.45, 7) is 2.05. The van der Waals surface area contributed by atoms with E-state index in [0.717, 1.165) is 25.3 Å². The van der Waals surface area contributed by atoms with Crippen molar-refractivity contribution in [2.45, 2.75) is 38.7 Å². The van der Waals surface area contributed by atoms with Gasteiger partial charge < -0.3 is 24.3 Å². The highest BCUT2D eigenvalue weighted by Gasteiger charge is 2.24. The van der Waals surface area contributed by atoms with Crippen molar-refractivity contribution < 1.29 is 32.6 Å². The Hall–Kier alpha value is -4.21. The van der Waals surface area contributed by atoms with E-state index in [1.165, 1.54) is 19.5 Å². The van der Waals surface area contributed by atoms with Crippen molar-refractivity contribution in [1.82, 2.24) is 9.97 Å². The van der Waals surface area contributed by atoms with Gasteiger partial charge in [0.1, 0.15) is 29.2 Å². The number of rotatable bonds is 9. The third-order valence-electron chi connectivity index (χ3n) is 6.54. The number of carbonyl (C=O) groups is 1. The molecule has 37 heavy (non-hydrogen) atoms. The van der Waals surface area contributed by atoms with Crippen LogP contribution in [-0.2, 0) is 6.42 Å². The minimum atomic E-state index is -1.05. The highest BCUT2D eigenvalue weighted by Crippen LogP contribution is 2.36. The summed E-state index contributed by atoms with van der Waals surface area (Å²) in [5, 5.41) is 12.8. The van der Waals surface area contributed by atoms with Crippen molar-refractivity contribution >= 4 is 22.8 Å². The van der Waals surface area contributed by atoms with Gasteiger partial charge >= 0.3 is 5.97 Å². The normalized spacial score (nSPS) is 13.4. The second-order valence-electron chi connectivity index (χ2n) is 8.87. The lowest BCUT2D eigenvalue weighted by Crippen LogP contribution is -2.25. The Morgan fingerprint density at radius 2 is 2.00 bits per heavy atom. The zero-order chi connectivity index (χ0) is 26.1. The minimum absolute atomic E-state index is 0.0247. The molecule has 1 aliphatic carbocycles. The molecule has 0 spiro atoms. The fourth-order valence-electron chi connectivity index (χ4n) is 4.35. The third-order valence-corrected chi connectivity index (χ3v) is 6.54. The van der Waals surface area contributed by atoms with Crippen LogP contribution in [0.25, 0.3) is 22.2 Å². The number of benzene rings is 2. The Labute approximate surface area is 211 Å². The predicted octanol–water partition coefficient (Wildman–Crippen LogP) is 5.77. The zero-order valence-corrected chi connectivity index (χ0v) is 20.3. The summed E-state index contributed by atoms with van der Waals surface area (Å²) in [6, 6.07) is 7.56. The van der Waals surface area contributed by atoms with Gasteiger partial charge in [-0.1, -0.05) is 6.07 Å². The largest absolute Gasteiger partial charge is 0.493 e. The molecule has 0 saturated heterocycles. The monoisotopic (exact) mass is 509 g/mol. The van der Waals surface area contributed by atoms with Crippen molar-refractivity contribution in [3.05, 3.63) is 65.2 Å². The topological polar surface area (TPSA) is 107 Å². The number of aromatic carboxylic acids is 1. The van der Waals surface area contributed by atoms with Gasteiger partial charge in [0.25, 0.3) is 0 Å². The van der Waals surface area contributed by atoms with Gasteiger partial charge in [-0.05, 0) is 44.7 Å². The molecule has 1 fully saturated rings. The standard InChI is InChI=1S/C27H25F2N3O5/c1-14-17(24-25(29)19(28)11-22(35-2)26(24)36-14)8-9-30-23-12-20(31-13-32-23)15-6-7-18(27(33)34)21(10-15)37-16-4-3-5-16/h6-7,10-13,16H,3-5,8-9H2,1-2H3,(H,33,34)(H,30,31,32). The fraction of sp³-hybridized carbons (Fsp3) is 0.296. The van der Waals surface area contributed by atoms with Gasteiger partial charge in [-0.25, -0.2) is 23.5 Å². The molecule has 4 aromatic rings. The summed E-state index contributed by atoms with van der Waals surface area (Å²) >= 11 is 0. The van der Waals surface area contributed by atoms with Crippen molar-refractivity contribution in [3.8, 4) is 22.8 Å². The molecule has 0 radical (unpaired) electrons. The first-order valence-electron chi connectivity index (χ1n) is 11.9. The van der Waals surface area contributed by atoms with Crippen LogP contribution in [0.5, 0.6) is 11.5 Å². The van der Waals surface area contributed by atoms with Crippen molar-refractivity contribution in [2.24, 2.45) is 0 Å². The van der Waals surface area contributed by atoms with E-state index in [4.69, 9.17) is 13.9 Å². The first-order chi connectivity index (χ1) is 17.9. The molecule has 10 heteroatoms. The van der Waals surface area contributed by atoms with Gasteiger partial charge in [-0.3, -0.25) is 0 Å². The number of ether oxygens (including phenoxy) is 2. The van der Waals surface area contributed by atoms with Crippen LogP contribution in [0.4, 0.5) is 14.6 Å². The van der Waals surface area contributed by atoms with Crippen LogP contribution >= 0.6 is 0 Å². The third kappa shape index (κ3) is 4.78. The Kier molecular flexibility index (Phi) is 6.64. The molecule has 8 nitrogen and oxygen atoms in total. The average Bonchev–Trinajstić information content (AvgIpc) is 3.20. The highest BCUT2D eigenvalue weighted by atomic mass is 19.2. The molecule has 0 atom stereocenters. The van der Waals surface area contributed by atoms with E-state index in [1.54, 1.807) is 25.1 Å². The molecule has 192 valence electrons. The van der Waals surface area contributed by atoms with Gasteiger partial charge in [0.2, 0.25) is 0 Å². The van der Waals surface area contributed by atoms with Crippen LogP contribution in [-0.4, -0.2) is 40.8 Å². The number of nitrogens with zero attached hydrogens (tertiary/aromatic N) is 2. The van der Waals surface area contributed by atoms with E-state index >= 15 is 0 Å². The predicted molar refractivity (Wildman–Crippen MR) is 132 cm³/mol. The summed E-state index contributed by atoms with van der Waals surface area (Å²) in [7, 11) is 1.37. The maximum Gasteiger partial charge on any atom is 0.339 e. The number of aromatic nitrogens is 2. The number of furan rings is 1. The summed E-state index contributed by atoms with van der Waals surface area (Å²) in [5.74, 6) is -1.60. The first kappa shape index (κ1) is 24.5. The number of methoxy groups -OCH3 is 1. The minimum Gasteiger partial charge on any atom is -0.493 e. The molecule has 2 aromatic carbocycles. The SMILES string of the molecule is COc1cc(F)c(F)c2c(CCNc3cc(-c4ccc(C(=O)O)c(OC5CCC5)c4)ncn3)c(C)oc12. The molecule has 0 bridgehead atoms. The number of carboxylic acids is 1. The number of anilines is 1. The van der Waals surface area contributed by atoms with Gasteiger partial charge in [0.15, 0.2) is 23.0 Å². The number of fused-ring (bicyclic) bond motifs is 1. The molecule has 0 unspecified atom stereocenters. The van der Waals surface area contributed by atoms with Crippen molar-refractivity contribution in [2.75, 3.05) is 19.0 Å². The second-order valence-corrected chi connectivity index (χ2v) is 8.87. The lowest BCUT2D eigenvalue weighted by Gasteiger charge is -2.27. The summed E-state index contributed by atoms with van der Waals surface area (Å²) in [6.07, 6.45) is 4.63. The number of aryl methyl sites for hydroxylation is 1. The molecule has 5 rings (SSSR count). The number of hydrogen-bond donors (Lipinski definition) is 2. The van der Waals surface area contributed by atoms with E-state index in [0.29, 0.717) is 47.1 Å².